The van der Waals surface area contributed by atoms with Gasteiger partial charge in [0.2, 0.25) is 0 Å². The maximum atomic E-state index is 6.26. The molecule has 0 aliphatic heterocycles. The predicted molar refractivity (Wildman–Crippen MR) is 80.8 cm³/mol. The lowest BCUT2D eigenvalue weighted by Crippen LogP contribution is -2.36. The molecule has 2 unspecified atom stereocenters. The molecule has 0 bridgehead atoms. The lowest BCUT2D eigenvalue weighted by molar-refractivity contribution is 0.237. The first-order valence-electron chi connectivity index (χ1n) is 7.15. The lowest BCUT2D eigenvalue weighted by atomic mass is 9.80. The molecule has 2 atom stereocenters. The van der Waals surface area contributed by atoms with E-state index in [1.807, 2.05) is 18.2 Å². The summed E-state index contributed by atoms with van der Waals surface area (Å²) in [5.74, 6) is 2.50. The van der Waals surface area contributed by atoms with Gasteiger partial charge in [-0.25, -0.2) is 0 Å². The van der Waals surface area contributed by atoms with Gasteiger partial charge >= 0.3 is 0 Å². The average Bonchev–Trinajstić information content (AvgIpc) is 2.36. The van der Waals surface area contributed by atoms with Crippen LogP contribution in [0.15, 0.2) is 18.2 Å². The van der Waals surface area contributed by atoms with Gasteiger partial charge in [-0.3, -0.25) is 0 Å². The van der Waals surface area contributed by atoms with Crippen molar-refractivity contribution in [2.75, 3.05) is 7.11 Å². The van der Waals surface area contributed by atoms with E-state index in [9.17, 15) is 0 Å². The maximum absolute atomic E-state index is 6.26. The van der Waals surface area contributed by atoms with Crippen LogP contribution in [0.3, 0.4) is 0 Å². The van der Waals surface area contributed by atoms with Gasteiger partial charge in [0.05, 0.1) is 7.11 Å². The fourth-order valence-corrected chi connectivity index (χ4v) is 3.49. The first-order chi connectivity index (χ1) is 9.10. The highest BCUT2D eigenvalue weighted by atomic mass is 35.5. The molecule has 1 aromatic rings. The molecule has 2 rings (SSSR count). The number of ether oxygens (including phenoxy) is 1. The van der Waals surface area contributed by atoms with Gasteiger partial charge in [-0.15, -0.1) is 0 Å². The highest BCUT2D eigenvalue weighted by Gasteiger charge is 2.23. The SMILES string of the molecule is COc1cccc(Cl)c1CNC1CC(C)CC(C)C1. The summed E-state index contributed by atoms with van der Waals surface area (Å²) in [6.07, 6.45) is 3.88. The van der Waals surface area contributed by atoms with Crippen LogP contribution in [0.4, 0.5) is 0 Å². The normalized spacial score (nSPS) is 27.3. The van der Waals surface area contributed by atoms with Crippen LogP contribution < -0.4 is 10.1 Å². The fourth-order valence-electron chi connectivity index (χ4n) is 3.26. The molecule has 19 heavy (non-hydrogen) atoms. The van der Waals surface area contributed by atoms with Crippen LogP contribution in [0, 0.1) is 11.8 Å². The van der Waals surface area contributed by atoms with Crippen molar-refractivity contribution in [1.82, 2.24) is 5.32 Å². The molecule has 1 saturated carbocycles. The number of halogens is 1. The predicted octanol–water partition coefficient (Wildman–Crippen LogP) is 4.26. The minimum atomic E-state index is 0.597. The summed E-state index contributed by atoms with van der Waals surface area (Å²) in [5, 5.41) is 4.43. The summed E-state index contributed by atoms with van der Waals surface area (Å²) >= 11 is 6.26. The fraction of sp³-hybridized carbons (Fsp3) is 0.625. The van der Waals surface area contributed by atoms with Gasteiger partial charge in [0.15, 0.2) is 0 Å². The summed E-state index contributed by atoms with van der Waals surface area (Å²) in [6, 6.07) is 6.41. The molecule has 2 nitrogen and oxygen atoms in total. The number of benzene rings is 1. The zero-order chi connectivity index (χ0) is 13.8. The van der Waals surface area contributed by atoms with Crippen LogP contribution in [-0.4, -0.2) is 13.2 Å². The summed E-state index contributed by atoms with van der Waals surface area (Å²) in [7, 11) is 1.69. The van der Waals surface area contributed by atoms with E-state index in [-0.39, 0.29) is 0 Å². The van der Waals surface area contributed by atoms with Crippen LogP contribution in [-0.2, 0) is 6.54 Å². The van der Waals surface area contributed by atoms with Crippen molar-refractivity contribution in [2.45, 2.75) is 45.7 Å². The molecular formula is C16H24ClNO. The summed E-state index contributed by atoms with van der Waals surface area (Å²) in [4.78, 5) is 0. The van der Waals surface area contributed by atoms with Crippen molar-refractivity contribution in [1.29, 1.82) is 0 Å². The van der Waals surface area contributed by atoms with E-state index in [0.717, 1.165) is 34.7 Å². The Morgan fingerprint density at radius 2 is 1.89 bits per heavy atom. The summed E-state index contributed by atoms with van der Waals surface area (Å²) < 4.78 is 5.38. The Labute approximate surface area is 121 Å². The Morgan fingerprint density at radius 3 is 2.53 bits per heavy atom. The maximum Gasteiger partial charge on any atom is 0.124 e. The second-order valence-corrected chi connectivity index (χ2v) is 6.32. The average molecular weight is 282 g/mol. The molecule has 0 spiro atoms. The number of nitrogens with one attached hydrogen (secondary N) is 1. The van der Waals surface area contributed by atoms with Crippen LogP contribution in [0.5, 0.6) is 5.75 Å². The van der Waals surface area contributed by atoms with Gasteiger partial charge in [0.1, 0.15) is 5.75 Å². The minimum absolute atomic E-state index is 0.597. The Balaban J connectivity index is 1.98. The van der Waals surface area contributed by atoms with Gasteiger partial charge in [0.25, 0.3) is 0 Å². The lowest BCUT2D eigenvalue weighted by Gasteiger charge is -2.32. The standard InChI is InChI=1S/C16H24ClNO/c1-11-7-12(2)9-13(8-11)18-10-14-15(17)5-4-6-16(14)19-3/h4-6,11-13,18H,7-10H2,1-3H3. The van der Waals surface area contributed by atoms with Gasteiger partial charge < -0.3 is 10.1 Å². The molecule has 0 radical (unpaired) electrons. The van der Waals surface area contributed by atoms with Gasteiger partial charge in [0, 0.05) is 23.2 Å². The molecule has 0 amide bonds. The third-order valence-corrected chi connectivity index (χ3v) is 4.40. The Hall–Kier alpha value is -0.730. The van der Waals surface area contributed by atoms with Crippen molar-refractivity contribution in [3.8, 4) is 5.75 Å². The van der Waals surface area contributed by atoms with Crippen molar-refractivity contribution >= 4 is 11.6 Å². The third-order valence-electron chi connectivity index (χ3n) is 4.04. The Bertz CT molecular complexity index is 411. The van der Waals surface area contributed by atoms with Crippen LogP contribution in [0.1, 0.15) is 38.7 Å². The molecule has 3 heteroatoms. The first kappa shape index (κ1) is 14.7. The minimum Gasteiger partial charge on any atom is -0.496 e. The Kier molecular flexibility index (Phi) is 5.12. The van der Waals surface area contributed by atoms with Gasteiger partial charge in [-0.05, 0) is 43.2 Å². The molecule has 0 heterocycles. The monoisotopic (exact) mass is 281 g/mol. The second kappa shape index (κ2) is 6.62. The first-order valence-corrected chi connectivity index (χ1v) is 7.52. The molecule has 0 aromatic heterocycles. The molecule has 1 aliphatic rings. The number of methoxy groups -OCH3 is 1. The number of hydrogen-bond acceptors (Lipinski definition) is 2. The van der Waals surface area contributed by atoms with E-state index >= 15 is 0 Å². The summed E-state index contributed by atoms with van der Waals surface area (Å²) in [6.45, 7) is 5.48. The van der Waals surface area contributed by atoms with Gasteiger partial charge in [-0.1, -0.05) is 31.5 Å². The largest absolute Gasteiger partial charge is 0.496 e. The zero-order valence-electron chi connectivity index (χ0n) is 12.1. The van der Waals surface area contributed by atoms with E-state index in [1.54, 1.807) is 7.11 Å². The number of rotatable bonds is 4. The van der Waals surface area contributed by atoms with Crippen molar-refractivity contribution in [3.63, 3.8) is 0 Å². The quantitative estimate of drug-likeness (QED) is 0.890. The van der Waals surface area contributed by atoms with E-state index in [2.05, 4.69) is 19.2 Å². The van der Waals surface area contributed by atoms with E-state index in [0.29, 0.717) is 6.04 Å². The smallest absolute Gasteiger partial charge is 0.124 e. The Morgan fingerprint density at radius 1 is 1.21 bits per heavy atom. The van der Waals surface area contributed by atoms with E-state index in [4.69, 9.17) is 16.3 Å². The molecule has 1 fully saturated rings. The molecule has 1 aliphatic carbocycles. The van der Waals surface area contributed by atoms with Crippen LogP contribution in [0.2, 0.25) is 5.02 Å². The second-order valence-electron chi connectivity index (χ2n) is 5.92. The van der Waals surface area contributed by atoms with E-state index < -0.39 is 0 Å². The summed E-state index contributed by atoms with van der Waals surface area (Å²) in [5.41, 5.74) is 1.07. The topological polar surface area (TPSA) is 21.3 Å². The number of hydrogen-bond donors (Lipinski definition) is 1. The molecule has 106 valence electrons. The highest BCUT2D eigenvalue weighted by Crippen LogP contribution is 2.30. The molecular weight excluding hydrogens is 258 g/mol. The van der Waals surface area contributed by atoms with Crippen molar-refractivity contribution in [3.05, 3.63) is 28.8 Å². The zero-order valence-corrected chi connectivity index (χ0v) is 12.8. The van der Waals surface area contributed by atoms with Crippen molar-refractivity contribution in [2.24, 2.45) is 11.8 Å². The molecule has 1 N–H and O–H groups in total. The van der Waals surface area contributed by atoms with E-state index in [1.165, 1.54) is 19.3 Å². The molecule has 0 saturated heterocycles. The van der Waals surface area contributed by atoms with Crippen LogP contribution in [0.25, 0.3) is 0 Å². The molecule has 1 aromatic carbocycles. The third kappa shape index (κ3) is 3.87. The van der Waals surface area contributed by atoms with Gasteiger partial charge in [-0.2, -0.15) is 0 Å². The van der Waals surface area contributed by atoms with Crippen LogP contribution >= 0.6 is 11.6 Å². The highest BCUT2D eigenvalue weighted by molar-refractivity contribution is 6.31. The van der Waals surface area contributed by atoms with Crippen molar-refractivity contribution < 1.29 is 4.74 Å².